The van der Waals surface area contributed by atoms with Gasteiger partial charge in [-0.05, 0) is 49.4 Å². The molecular weight excluding hydrogens is 400 g/mol. The number of para-hydroxylation sites is 1. The molecule has 4 rings (SSSR count). The lowest BCUT2D eigenvalue weighted by Crippen LogP contribution is -2.44. The van der Waals surface area contributed by atoms with E-state index in [0.29, 0.717) is 11.8 Å². The van der Waals surface area contributed by atoms with Gasteiger partial charge in [0.05, 0.1) is 5.75 Å². The minimum atomic E-state index is 0.274. The van der Waals surface area contributed by atoms with Crippen molar-refractivity contribution in [1.29, 1.82) is 0 Å². The van der Waals surface area contributed by atoms with Crippen molar-refractivity contribution in [1.82, 2.24) is 9.47 Å². The van der Waals surface area contributed by atoms with Gasteiger partial charge in [0.15, 0.2) is 0 Å². The van der Waals surface area contributed by atoms with Crippen molar-refractivity contribution in [2.45, 2.75) is 50.1 Å². The van der Waals surface area contributed by atoms with Crippen molar-refractivity contribution < 1.29 is 4.79 Å². The van der Waals surface area contributed by atoms with Crippen LogP contribution in [0.4, 0.5) is 0 Å². The van der Waals surface area contributed by atoms with Gasteiger partial charge < -0.3 is 9.47 Å². The van der Waals surface area contributed by atoms with Crippen molar-refractivity contribution >= 4 is 40.2 Å². The molecular formula is C24H27ClN2OS. The van der Waals surface area contributed by atoms with E-state index in [0.717, 1.165) is 37.4 Å². The summed E-state index contributed by atoms with van der Waals surface area (Å²) in [7, 11) is 0. The fourth-order valence-electron chi connectivity index (χ4n) is 4.22. The van der Waals surface area contributed by atoms with Crippen LogP contribution in [0.15, 0.2) is 59.6 Å². The minimum absolute atomic E-state index is 0.274. The molecule has 1 aromatic heterocycles. The van der Waals surface area contributed by atoms with Crippen LogP contribution < -0.4 is 0 Å². The van der Waals surface area contributed by atoms with E-state index in [9.17, 15) is 4.79 Å². The highest BCUT2D eigenvalue weighted by Crippen LogP contribution is 2.31. The first-order chi connectivity index (χ1) is 14.2. The topological polar surface area (TPSA) is 25.2 Å². The molecule has 152 valence electrons. The first-order valence-electron chi connectivity index (χ1n) is 10.4. The van der Waals surface area contributed by atoms with Crippen LogP contribution in [-0.2, 0) is 11.3 Å². The van der Waals surface area contributed by atoms with E-state index < -0.39 is 0 Å². The summed E-state index contributed by atoms with van der Waals surface area (Å²) in [4.78, 5) is 16.2. The molecule has 0 N–H and O–H groups in total. The predicted octanol–water partition coefficient (Wildman–Crippen LogP) is 6.23. The lowest BCUT2D eigenvalue weighted by Gasteiger charge is -2.35. The number of likely N-dealkylation sites (tertiary alicyclic amines) is 1. The molecule has 1 saturated heterocycles. The van der Waals surface area contributed by atoms with E-state index in [2.05, 4.69) is 59.0 Å². The lowest BCUT2D eigenvalue weighted by molar-refractivity contribution is -0.132. The lowest BCUT2D eigenvalue weighted by atomic mass is 10.0. The summed E-state index contributed by atoms with van der Waals surface area (Å²) in [6, 6.07) is 16.8. The van der Waals surface area contributed by atoms with Crippen molar-refractivity contribution in [3.63, 3.8) is 0 Å². The van der Waals surface area contributed by atoms with E-state index in [-0.39, 0.29) is 5.91 Å². The maximum Gasteiger partial charge on any atom is 0.233 e. The van der Waals surface area contributed by atoms with E-state index >= 15 is 0 Å². The second kappa shape index (κ2) is 9.27. The fourth-order valence-corrected chi connectivity index (χ4v) is 5.32. The molecule has 3 nitrogen and oxygen atoms in total. The smallest absolute Gasteiger partial charge is 0.233 e. The Morgan fingerprint density at radius 1 is 1.14 bits per heavy atom. The van der Waals surface area contributed by atoms with Crippen molar-refractivity contribution in [3.05, 3.63) is 65.3 Å². The molecule has 2 aromatic carbocycles. The van der Waals surface area contributed by atoms with Crippen LogP contribution >= 0.6 is 23.4 Å². The molecule has 0 radical (unpaired) electrons. The van der Waals surface area contributed by atoms with Crippen LogP contribution in [0.3, 0.4) is 0 Å². The summed E-state index contributed by atoms with van der Waals surface area (Å²) < 4.78 is 2.27. The molecule has 1 aliphatic heterocycles. The number of halogens is 1. The zero-order valence-corrected chi connectivity index (χ0v) is 18.4. The number of nitrogens with zero attached hydrogens (tertiary/aromatic N) is 2. The molecule has 0 bridgehead atoms. The number of piperidine rings is 1. The first kappa shape index (κ1) is 20.4. The molecule has 29 heavy (non-hydrogen) atoms. The fraction of sp³-hybridized carbons (Fsp3) is 0.375. The predicted molar refractivity (Wildman–Crippen MR) is 123 cm³/mol. The summed E-state index contributed by atoms with van der Waals surface area (Å²) >= 11 is 7.69. The van der Waals surface area contributed by atoms with Gasteiger partial charge in [-0.15, -0.1) is 11.8 Å². The zero-order chi connectivity index (χ0) is 20.2. The Labute approximate surface area is 182 Å². The number of carbonyl (C=O) groups is 1. The molecule has 1 amide bonds. The summed E-state index contributed by atoms with van der Waals surface area (Å²) in [6.45, 7) is 3.89. The second-order valence-electron chi connectivity index (χ2n) is 7.70. The Morgan fingerprint density at radius 2 is 1.93 bits per heavy atom. The SMILES string of the molecule is CCC1CCCCN1C(=O)CSc1cn(Cc2ccc(Cl)cc2)c2ccccc12. The van der Waals surface area contributed by atoms with Gasteiger partial charge in [-0.2, -0.15) is 0 Å². The number of amides is 1. The largest absolute Gasteiger partial charge is 0.342 e. The highest BCUT2D eigenvalue weighted by Gasteiger charge is 2.25. The summed E-state index contributed by atoms with van der Waals surface area (Å²) in [5.41, 5.74) is 2.41. The van der Waals surface area contributed by atoms with E-state index in [1.54, 1.807) is 11.8 Å². The van der Waals surface area contributed by atoms with Gasteiger partial charge in [-0.25, -0.2) is 0 Å². The van der Waals surface area contributed by atoms with Gasteiger partial charge >= 0.3 is 0 Å². The normalized spacial score (nSPS) is 17.0. The van der Waals surface area contributed by atoms with E-state index in [1.807, 2.05) is 12.1 Å². The Balaban J connectivity index is 1.51. The first-order valence-corrected chi connectivity index (χ1v) is 11.8. The summed E-state index contributed by atoms with van der Waals surface area (Å²) in [6.07, 6.45) is 6.76. The number of rotatable bonds is 6. The number of hydrogen-bond donors (Lipinski definition) is 0. The van der Waals surface area contributed by atoms with Crippen molar-refractivity contribution in [2.75, 3.05) is 12.3 Å². The summed E-state index contributed by atoms with van der Waals surface area (Å²) in [5.74, 6) is 0.780. The molecule has 0 saturated carbocycles. The number of carbonyl (C=O) groups excluding carboxylic acids is 1. The Kier molecular flexibility index (Phi) is 6.51. The van der Waals surface area contributed by atoms with Gasteiger partial charge in [0.25, 0.3) is 0 Å². The van der Waals surface area contributed by atoms with Crippen molar-refractivity contribution in [2.24, 2.45) is 0 Å². The quantitative estimate of drug-likeness (QED) is 0.437. The van der Waals surface area contributed by atoms with Crippen LogP contribution in [0.1, 0.15) is 38.2 Å². The molecule has 1 unspecified atom stereocenters. The van der Waals surface area contributed by atoms with Crippen LogP contribution in [0, 0.1) is 0 Å². The molecule has 0 aliphatic carbocycles. The molecule has 1 aliphatic rings. The number of fused-ring (bicyclic) bond motifs is 1. The Hall–Kier alpha value is -1.91. The average molecular weight is 427 g/mol. The number of hydrogen-bond acceptors (Lipinski definition) is 2. The van der Waals surface area contributed by atoms with E-state index in [1.165, 1.54) is 27.8 Å². The number of thioether (sulfide) groups is 1. The monoisotopic (exact) mass is 426 g/mol. The third-order valence-electron chi connectivity index (χ3n) is 5.79. The Morgan fingerprint density at radius 3 is 2.72 bits per heavy atom. The average Bonchev–Trinajstić information content (AvgIpc) is 3.11. The molecule has 1 atom stereocenters. The van der Waals surface area contributed by atoms with Gasteiger partial charge in [0, 0.05) is 46.1 Å². The second-order valence-corrected chi connectivity index (χ2v) is 9.15. The minimum Gasteiger partial charge on any atom is -0.342 e. The summed E-state index contributed by atoms with van der Waals surface area (Å²) in [5, 5.41) is 1.97. The highest BCUT2D eigenvalue weighted by atomic mass is 35.5. The van der Waals surface area contributed by atoms with Crippen molar-refractivity contribution in [3.8, 4) is 0 Å². The standard InChI is InChI=1S/C24H27ClN2OS/c1-2-20-7-5-6-14-27(20)24(28)17-29-23-16-26(22-9-4-3-8-21(22)23)15-18-10-12-19(25)13-11-18/h3-4,8-13,16,20H,2,5-7,14-15,17H2,1H3. The maximum absolute atomic E-state index is 12.9. The third kappa shape index (κ3) is 4.65. The van der Waals surface area contributed by atoms with Crippen LogP contribution in [-0.4, -0.2) is 33.7 Å². The zero-order valence-electron chi connectivity index (χ0n) is 16.8. The molecule has 2 heterocycles. The van der Waals surface area contributed by atoms with Gasteiger partial charge in [0.1, 0.15) is 0 Å². The molecule has 0 spiro atoms. The number of benzene rings is 2. The molecule has 1 fully saturated rings. The third-order valence-corrected chi connectivity index (χ3v) is 7.07. The molecule has 3 aromatic rings. The highest BCUT2D eigenvalue weighted by molar-refractivity contribution is 8.00. The maximum atomic E-state index is 12.9. The van der Waals surface area contributed by atoms with Crippen LogP contribution in [0.25, 0.3) is 10.9 Å². The van der Waals surface area contributed by atoms with Crippen LogP contribution in [0.5, 0.6) is 0 Å². The van der Waals surface area contributed by atoms with Gasteiger partial charge in [-0.1, -0.05) is 48.9 Å². The van der Waals surface area contributed by atoms with Gasteiger partial charge in [0.2, 0.25) is 5.91 Å². The van der Waals surface area contributed by atoms with Crippen LogP contribution in [0.2, 0.25) is 5.02 Å². The van der Waals surface area contributed by atoms with Gasteiger partial charge in [-0.3, -0.25) is 4.79 Å². The number of aromatic nitrogens is 1. The Bertz CT molecular complexity index is 982. The van der Waals surface area contributed by atoms with E-state index in [4.69, 9.17) is 11.6 Å². The molecule has 5 heteroatoms.